The minimum Gasteiger partial charge on any atom is -0.398 e. The van der Waals surface area contributed by atoms with E-state index >= 15 is 0 Å². The molecule has 2 aromatic carbocycles. The number of nitrogens with zero attached hydrogens (tertiary/aromatic N) is 5. The van der Waals surface area contributed by atoms with Crippen LogP contribution in [0.4, 0.5) is 22.7 Å². The Labute approximate surface area is 207 Å². The van der Waals surface area contributed by atoms with Crippen LogP contribution in [0.15, 0.2) is 83.8 Å². The number of benzene rings is 2. The van der Waals surface area contributed by atoms with E-state index < -0.39 is 0 Å². The van der Waals surface area contributed by atoms with Crippen molar-refractivity contribution in [3.05, 3.63) is 79.3 Å². The molecule has 1 fully saturated rings. The number of nitrogens with one attached hydrogen (secondary N) is 1. The van der Waals surface area contributed by atoms with Crippen molar-refractivity contribution >= 4 is 40.5 Å². The molecule has 1 saturated heterocycles. The SMILES string of the molecule is C=CN(/N=C(/C)N)c1ccc(NC(=C)/N=C\C=C(/N)c2ccc(N)c(N3CCN(C)CC3)c2)cc1. The largest absolute Gasteiger partial charge is 0.398 e. The van der Waals surface area contributed by atoms with E-state index in [2.05, 4.69) is 45.4 Å². The van der Waals surface area contributed by atoms with E-state index in [4.69, 9.17) is 17.2 Å². The minimum atomic E-state index is 0.441. The standard InChI is InChI=1S/C26H35N9/c1-5-35(32-19(2)27)23-9-7-22(8-10-23)31-20(3)30-13-12-24(28)21-6-11-25(29)26(18-21)34-16-14-33(4)15-17-34/h5-13,18,31H,1,3,14-17,28-29H2,2,4H3,(H2,27,32)/b24-12-,30-13-. The summed E-state index contributed by atoms with van der Waals surface area (Å²) in [7, 11) is 2.13. The quantitative estimate of drug-likeness (QED) is 0.191. The number of rotatable bonds is 9. The zero-order valence-corrected chi connectivity index (χ0v) is 20.5. The van der Waals surface area contributed by atoms with Crippen LogP contribution in [0.1, 0.15) is 12.5 Å². The van der Waals surface area contributed by atoms with Gasteiger partial charge < -0.3 is 32.3 Å². The molecule has 0 atom stereocenters. The van der Waals surface area contributed by atoms with Crippen LogP contribution in [0.5, 0.6) is 0 Å². The molecule has 35 heavy (non-hydrogen) atoms. The molecule has 1 heterocycles. The van der Waals surface area contributed by atoms with Crippen molar-refractivity contribution in [3.63, 3.8) is 0 Å². The van der Waals surface area contributed by atoms with Gasteiger partial charge in [-0.2, -0.15) is 5.10 Å². The normalized spacial score (nSPS) is 15.3. The summed E-state index contributed by atoms with van der Waals surface area (Å²) in [6.45, 7) is 13.3. The van der Waals surface area contributed by atoms with Gasteiger partial charge in [0.25, 0.3) is 0 Å². The Morgan fingerprint density at radius 2 is 1.77 bits per heavy atom. The fourth-order valence-corrected chi connectivity index (χ4v) is 3.62. The summed E-state index contributed by atoms with van der Waals surface area (Å²) in [4.78, 5) is 8.95. The van der Waals surface area contributed by atoms with Gasteiger partial charge in [0, 0.05) is 50.0 Å². The first-order valence-electron chi connectivity index (χ1n) is 11.4. The van der Waals surface area contributed by atoms with Crippen molar-refractivity contribution < 1.29 is 0 Å². The summed E-state index contributed by atoms with van der Waals surface area (Å²) < 4.78 is 0. The summed E-state index contributed by atoms with van der Waals surface area (Å²) in [5, 5.41) is 8.95. The lowest BCUT2D eigenvalue weighted by Gasteiger charge is -2.34. The number of hydrazone groups is 1. The summed E-state index contributed by atoms with van der Waals surface area (Å²) in [5.74, 6) is 0.922. The average molecular weight is 474 g/mol. The van der Waals surface area contributed by atoms with Gasteiger partial charge in [-0.25, -0.2) is 10.0 Å². The van der Waals surface area contributed by atoms with Crippen LogP contribution >= 0.6 is 0 Å². The highest BCUT2D eigenvalue weighted by atomic mass is 15.5. The maximum Gasteiger partial charge on any atom is 0.122 e. The van der Waals surface area contributed by atoms with E-state index in [1.165, 1.54) is 0 Å². The molecule has 0 bridgehead atoms. The van der Waals surface area contributed by atoms with Crippen molar-refractivity contribution in [2.45, 2.75) is 6.92 Å². The maximum absolute atomic E-state index is 6.32. The fraction of sp³-hybridized carbons (Fsp3) is 0.231. The third-order valence-electron chi connectivity index (χ3n) is 5.55. The molecule has 0 aromatic heterocycles. The van der Waals surface area contributed by atoms with Crippen LogP contribution in [0, 0.1) is 0 Å². The second-order valence-corrected chi connectivity index (χ2v) is 8.35. The number of anilines is 4. The van der Waals surface area contributed by atoms with Gasteiger partial charge in [-0.1, -0.05) is 19.2 Å². The third-order valence-corrected chi connectivity index (χ3v) is 5.55. The van der Waals surface area contributed by atoms with Gasteiger partial charge in [-0.05, 0) is 62.0 Å². The van der Waals surface area contributed by atoms with E-state index in [0.29, 0.717) is 17.4 Å². The highest BCUT2D eigenvalue weighted by molar-refractivity contribution is 5.86. The molecule has 2 aromatic rings. The predicted molar refractivity (Wildman–Crippen MR) is 150 cm³/mol. The molecule has 0 radical (unpaired) electrons. The zero-order chi connectivity index (χ0) is 25.4. The van der Waals surface area contributed by atoms with Crippen LogP contribution in [0.3, 0.4) is 0 Å². The number of amidine groups is 1. The number of hydrogen-bond donors (Lipinski definition) is 4. The first-order valence-corrected chi connectivity index (χ1v) is 11.4. The van der Waals surface area contributed by atoms with E-state index in [1.54, 1.807) is 30.4 Å². The van der Waals surface area contributed by atoms with E-state index in [-0.39, 0.29) is 0 Å². The van der Waals surface area contributed by atoms with Gasteiger partial charge in [0.2, 0.25) is 0 Å². The topological polar surface area (TPSA) is 125 Å². The van der Waals surface area contributed by atoms with Crippen molar-refractivity contribution in [3.8, 4) is 0 Å². The van der Waals surface area contributed by atoms with Gasteiger partial charge in [-0.3, -0.25) is 0 Å². The molecular formula is C26H35N9. The molecule has 1 aliphatic rings. The van der Waals surface area contributed by atoms with Crippen LogP contribution in [-0.2, 0) is 0 Å². The molecule has 7 N–H and O–H groups in total. The van der Waals surface area contributed by atoms with Crippen molar-refractivity contribution in [2.24, 2.45) is 21.6 Å². The smallest absolute Gasteiger partial charge is 0.122 e. The van der Waals surface area contributed by atoms with Crippen LogP contribution in [0.2, 0.25) is 0 Å². The predicted octanol–water partition coefficient (Wildman–Crippen LogP) is 3.22. The second-order valence-electron chi connectivity index (χ2n) is 8.35. The molecule has 0 spiro atoms. The molecular weight excluding hydrogens is 438 g/mol. The van der Waals surface area contributed by atoms with E-state index in [9.17, 15) is 0 Å². The number of nitrogens with two attached hydrogens (primary N) is 3. The number of allylic oxidation sites excluding steroid dienone is 1. The van der Waals surface area contributed by atoms with Crippen molar-refractivity contribution in [1.29, 1.82) is 0 Å². The van der Waals surface area contributed by atoms with Crippen molar-refractivity contribution in [2.75, 3.05) is 54.2 Å². The van der Waals surface area contributed by atoms with Crippen LogP contribution < -0.4 is 32.4 Å². The van der Waals surface area contributed by atoms with Crippen LogP contribution in [0.25, 0.3) is 5.70 Å². The van der Waals surface area contributed by atoms with Gasteiger partial charge in [0.15, 0.2) is 0 Å². The highest BCUT2D eigenvalue weighted by Crippen LogP contribution is 2.27. The lowest BCUT2D eigenvalue weighted by Crippen LogP contribution is -2.44. The Balaban J connectivity index is 1.62. The molecule has 0 unspecified atom stereocenters. The highest BCUT2D eigenvalue weighted by Gasteiger charge is 2.17. The summed E-state index contributed by atoms with van der Waals surface area (Å²) in [5.41, 5.74) is 23.1. The first kappa shape index (κ1) is 25.4. The number of likely N-dealkylation sites (N-methyl/N-ethyl adjacent to an activating group) is 1. The Morgan fingerprint density at radius 1 is 1.09 bits per heavy atom. The van der Waals surface area contributed by atoms with Gasteiger partial charge in [0.05, 0.1) is 17.1 Å². The minimum absolute atomic E-state index is 0.441. The van der Waals surface area contributed by atoms with Crippen LogP contribution in [-0.4, -0.2) is 50.2 Å². The van der Waals surface area contributed by atoms with E-state index in [0.717, 1.165) is 54.5 Å². The number of hydrogen-bond acceptors (Lipinski definition) is 8. The first-order chi connectivity index (χ1) is 16.8. The molecule has 9 heteroatoms. The Kier molecular flexibility index (Phi) is 8.53. The van der Waals surface area contributed by atoms with E-state index in [1.807, 2.05) is 42.5 Å². The summed E-state index contributed by atoms with van der Waals surface area (Å²) >= 11 is 0. The van der Waals surface area contributed by atoms with Gasteiger partial charge in [0.1, 0.15) is 11.7 Å². The molecule has 0 aliphatic carbocycles. The van der Waals surface area contributed by atoms with Gasteiger partial charge in [-0.15, -0.1) is 0 Å². The molecule has 0 saturated carbocycles. The Hall–Kier alpha value is -4.24. The summed E-state index contributed by atoms with van der Waals surface area (Å²) in [6, 6.07) is 13.4. The molecule has 0 amide bonds. The maximum atomic E-state index is 6.32. The lowest BCUT2D eigenvalue weighted by molar-refractivity contribution is 0.313. The number of nitrogen functional groups attached to an aromatic ring is 1. The Morgan fingerprint density at radius 3 is 2.40 bits per heavy atom. The number of aliphatic imine (C=N–C) groups is 1. The monoisotopic (exact) mass is 473 g/mol. The second kappa shape index (κ2) is 11.8. The lowest BCUT2D eigenvalue weighted by atomic mass is 10.1. The molecule has 3 rings (SSSR count). The third kappa shape index (κ3) is 7.12. The molecule has 1 aliphatic heterocycles. The van der Waals surface area contributed by atoms with Crippen molar-refractivity contribution in [1.82, 2.24) is 4.90 Å². The van der Waals surface area contributed by atoms with Gasteiger partial charge >= 0.3 is 0 Å². The molecule has 9 nitrogen and oxygen atoms in total. The number of piperazine rings is 1. The summed E-state index contributed by atoms with van der Waals surface area (Å²) in [6.07, 6.45) is 4.97. The Bertz CT molecular complexity index is 1120. The molecule has 184 valence electrons. The fourth-order valence-electron chi connectivity index (χ4n) is 3.62. The average Bonchev–Trinajstić information content (AvgIpc) is 2.84. The zero-order valence-electron chi connectivity index (χ0n) is 20.5.